The molecule has 0 heterocycles. The first kappa shape index (κ1) is 13.4. The molecule has 2 N–H and O–H groups in total. The second kappa shape index (κ2) is 6.21. The summed E-state index contributed by atoms with van der Waals surface area (Å²) in [5, 5.41) is 0. The van der Waals surface area contributed by atoms with Crippen LogP contribution in [0.3, 0.4) is 0 Å². The summed E-state index contributed by atoms with van der Waals surface area (Å²) in [6, 6.07) is 8.49. The van der Waals surface area contributed by atoms with Crippen LogP contribution in [0.15, 0.2) is 24.3 Å². The first-order chi connectivity index (χ1) is 8.74. The van der Waals surface area contributed by atoms with Gasteiger partial charge < -0.3 is 15.2 Å². The highest BCUT2D eigenvalue weighted by atomic mass is 16.5. The quantitative estimate of drug-likeness (QED) is 0.842. The van der Waals surface area contributed by atoms with Gasteiger partial charge in [0.15, 0.2) is 0 Å². The SMILES string of the molecule is CCCCc1ccc(OC2CC(N)C2OC)cc1. The third-order valence-corrected chi connectivity index (χ3v) is 3.59. The van der Waals surface area contributed by atoms with Crippen LogP contribution >= 0.6 is 0 Å². The lowest BCUT2D eigenvalue weighted by Crippen LogP contribution is -2.59. The van der Waals surface area contributed by atoms with E-state index in [1.54, 1.807) is 7.11 Å². The van der Waals surface area contributed by atoms with E-state index in [-0.39, 0.29) is 18.2 Å². The third-order valence-electron chi connectivity index (χ3n) is 3.59. The van der Waals surface area contributed by atoms with Gasteiger partial charge in [-0.3, -0.25) is 0 Å². The maximum atomic E-state index is 5.88. The molecule has 1 aliphatic carbocycles. The van der Waals surface area contributed by atoms with Gasteiger partial charge in [-0.25, -0.2) is 0 Å². The molecule has 1 aromatic carbocycles. The van der Waals surface area contributed by atoms with Crippen molar-refractivity contribution in [1.29, 1.82) is 0 Å². The Balaban J connectivity index is 1.86. The first-order valence-corrected chi connectivity index (χ1v) is 6.78. The average molecular weight is 249 g/mol. The number of nitrogens with two attached hydrogens (primary N) is 1. The Hall–Kier alpha value is -1.06. The minimum absolute atomic E-state index is 0.0322. The number of aryl methyl sites for hydroxylation is 1. The largest absolute Gasteiger partial charge is 0.488 e. The van der Waals surface area contributed by atoms with Crippen molar-refractivity contribution in [3.63, 3.8) is 0 Å². The number of hydrogen-bond donors (Lipinski definition) is 1. The summed E-state index contributed by atoms with van der Waals surface area (Å²) in [5.41, 5.74) is 7.22. The van der Waals surface area contributed by atoms with Gasteiger partial charge in [0, 0.05) is 19.6 Å². The van der Waals surface area contributed by atoms with Gasteiger partial charge in [-0.15, -0.1) is 0 Å². The zero-order valence-electron chi connectivity index (χ0n) is 11.3. The van der Waals surface area contributed by atoms with Crippen molar-refractivity contribution >= 4 is 0 Å². The Kier molecular flexibility index (Phi) is 4.61. The van der Waals surface area contributed by atoms with Crippen molar-refractivity contribution in [2.75, 3.05) is 7.11 Å². The molecule has 3 unspecified atom stereocenters. The molecule has 2 rings (SSSR count). The number of ether oxygens (including phenoxy) is 2. The maximum Gasteiger partial charge on any atom is 0.128 e. The van der Waals surface area contributed by atoms with Gasteiger partial charge in [0.2, 0.25) is 0 Å². The van der Waals surface area contributed by atoms with Gasteiger partial charge in [-0.1, -0.05) is 25.5 Å². The van der Waals surface area contributed by atoms with E-state index in [2.05, 4.69) is 19.1 Å². The standard InChI is InChI=1S/C15H23NO2/c1-3-4-5-11-6-8-12(9-7-11)18-14-10-13(16)15(14)17-2/h6-9,13-15H,3-5,10,16H2,1-2H3. The predicted molar refractivity (Wildman–Crippen MR) is 72.9 cm³/mol. The van der Waals surface area contributed by atoms with E-state index in [0.29, 0.717) is 0 Å². The Bertz CT molecular complexity index is 363. The lowest BCUT2D eigenvalue weighted by atomic mass is 9.86. The molecular weight excluding hydrogens is 226 g/mol. The number of rotatable bonds is 6. The molecule has 1 aliphatic rings. The maximum absolute atomic E-state index is 5.88. The Morgan fingerprint density at radius 2 is 2.00 bits per heavy atom. The highest BCUT2D eigenvalue weighted by molar-refractivity contribution is 5.28. The van der Waals surface area contributed by atoms with Crippen LogP contribution in [0.2, 0.25) is 0 Å². The van der Waals surface area contributed by atoms with Crippen LogP contribution < -0.4 is 10.5 Å². The Morgan fingerprint density at radius 1 is 1.28 bits per heavy atom. The van der Waals surface area contributed by atoms with Crippen molar-refractivity contribution in [3.8, 4) is 5.75 Å². The normalized spacial score (nSPS) is 26.7. The molecular formula is C15H23NO2. The van der Waals surface area contributed by atoms with Crippen LogP contribution in [-0.4, -0.2) is 25.4 Å². The van der Waals surface area contributed by atoms with E-state index in [1.807, 2.05) is 12.1 Å². The fourth-order valence-electron chi connectivity index (χ4n) is 2.35. The smallest absolute Gasteiger partial charge is 0.128 e. The number of unbranched alkanes of at least 4 members (excludes halogenated alkanes) is 1. The van der Waals surface area contributed by atoms with Gasteiger partial charge in [0.1, 0.15) is 18.0 Å². The fourth-order valence-corrected chi connectivity index (χ4v) is 2.35. The van der Waals surface area contributed by atoms with E-state index in [1.165, 1.54) is 18.4 Å². The van der Waals surface area contributed by atoms with E-state index >= 15 is 0 Å². The van der Waals surface area contributed by atoms with E-state index in [4.69, 9.17) is 15.2 Å². The van der Waals surface area contributed by atoms with E-state index in [0.717, 1.165) is 18.6 Å². The van der Waals surface area contributed by atoms with Crippen LogP contribution in [0.5, 0.6) is 5.75 Å². The molecule has 0 saturated heterocycles. The average Bonchev–Trinajstić information content (AvgIpc) is 2.37. The molecule has 0 amide bonds. The van der Waals surface area contributed by atoms with E-state index in [9.17, 15) is 0 Å². The molecule has 0 bridgehead atoms. The van der Waals surface area contributed by atoms with Crippen LogP contribution in [0, 0.1) is 0 Å². The summed E-state index contributed by atoms with van der Waals surface area (Å²) < 4.78 is 11.2. The van der Waals surface area contributed by atoms with Gasteiger partial charge in [-0.2, -0.15) is 0 Å². The Labute approximate surface area is 109 Å². The topological polar surface area (TPSA) is 44.5 Å². The van der Waals surface area contributed by atoms with Gasteiger partial charge >= 0.3 is 0 Å². The third kappa shape index (κ3) is 3.03. The molecule has 0 aliphatic heterocycles. The first-order valence-electron chi connectivity index (χ1n) is 6.78. The summed E-state index contributed by atoms with van der Waals surface area (Å²) in [4.78, 5) is 0. The summed E-state index contributed by atoms with van der Waals surface area (Å²) in [7, 11) is 1.69. The number of methoxy groups -OCH3 is 1. The highest BCUT2D eigenvalue weighted by Crippen LogP contribution is 2.27. The molecule has 3 heteroatoms. The van der Waals surface area contributed by atoms with Crippen molar-refractivity contribution in [2.45, 2.75) is 50.9 Å². The van der Waals surface area contributed by atoms with Crippen LogP contribution in [0.4, 0.5) is 0 Å². The second-order valence-corrected chi connectivity index (χ2v) is 5.00. The van der Waals surface area contributed by atoms with Crippen molar-refractivity contribution in [2.24, 2.45) is 5.73 Å². The number of hydrogen-bond acceptors (Lipinski definition) is 3. The molecule has 3 nitrogen and oxygen atoms in total. The summed E-state index contributed by atoms with van der Waals surface area (Å²) in [6.45, 7) is 2.21. The van der Waals surface area contributed by atoms with Gasteiger partial charge in [0.05, 0.1) is 0 Å². The second-order valence-electron chi connectivity index (χ2n) is 5.00. The fraction of sp³-hybridized carbons (Fsp3) is 0.600. The van der Waals surface area contributed by atoms with Crippen molar-refractivity contribution in [1.82, 2.24) is 0 Å². The molecule has 100 valence electrons. The summed E-state index contributed by atoms with van der Waals surface area (Å²) >= 11 is 0. The lowest BCUT2D eigenvalue weighted by Gasteiger charge is -2.40. The van der Waals surface area contributed by atoms with Gasteiger partial charge in [-0.05, 0) is 30.5 Å². The molecule has 0 spiro atoms. The molecule has 1 fully saturated rings. The van der Waals surface area contributed by atoms with Crippen molar-refractivity contribution in [3.05, 3.63) is 29.8 Å². The van der Waals surface area contributed by atoms with Crippen LogP contribution in [0.1, 0.15) is 31.7 Å². The van der Waals surface area contributed by atoms with Crippen LogP contribution in [0.25, 0.3) is 0 Å². The predicted octanol–water partition coefficient (Wildman–Crippen LogP) is 2.52. The highest BCUT2D eigenvalue weighted by Gasteiger charge is 2.40. The molecule has 1 saturated carbocycles. The minimum Gasteiger partial charge on any atom is -0.488 e. The van der Waals surface area contributed by atoms with Crippen molar-refractivity contribution < 1.29 is 9.47 Å². The molecule has 0 radical (unpaired) electrons. The van der Waals surface area contributed by atoms with Crippen LogP contribution in [-0.2, 0) is 11.2 Å². The zero-order chi connectivity index (χ0) is 13.0. The number of benzene rings is 1. The Morgan fingerprint density at radius 3 is 2.56 bits per heavy atom. The zero-order valence-corrected chi connectivity index (χ0v) is 11.3. The van der Waals surface area contributed by atoms with E-state index < -0.39 is 0 Å². The molecule has 1 aromatic rings. The summed E-state index contributed by atoms with van der Waals surface area (Å²) in [6.07, 6.45) is 4.62. The molecule has 0 aromatic heterocycles. The molecule has 3 atom stereocenters. The lowest BCUT2D eigenvalue weighted by molar-refractivity contribution is -0.0782. The van der Waals surface area contributed by atoms with Gasteiger partial charge in [0.25, 0.3) is 0 Å². The molecule has 18 heavy (non-hydrogen) atoms. The summed E-state index contributed by atoms with van der Waals surface area (Å²) in [5.74, 6) is 0.911. The monoisotopic (exact) mass is 249 g/mol. The minimum atomic E-state index is 0.0322.